The molecule has 23 heavy (non-hydrogen) atoms. The lowest BCUT2D eigenvalue weighted by molar-refractivity contribution is 0.427. The third-order valence-corrected chi connectivity index (χ3v) is 8.72. The summed E-state index contributed by atoms with van der Waals surface area (Å²) >= 11 is 7.59. The highest BCUT2D eigenvalue weighted by Crippen LogP contribution is 2.42. The molecule has 2 N–H and O–H groups in total. The van der Waals surface area contributed by atoms with Gasteiger partial charge in [0.25, 0.3) is 0 Å². The van der Waals surface area contributed by atoms with Crippen LogP contribution in [0.15, 0.2) is 23.1 Å². The lowest BCUT2D eigenvalue weighted by Gasteiger charge is -2.19. The number of rotatable bonds is 2. The van der Waals surface area contributed by atoms with E-state index in [9.17, 15) is 8.42 Å². The van der Waals surface area contributed by atoms with Crippen LogP contribution in [0.3, 0.4) is 0 Å². The van der Waals surface area contributed by atoms with Gasteiger partial charge in [-0.25, -0.2) is 8.42 Å². The third kappa shape index (κ3) is 2.43. The largest absolute Gasteiger partial charge is 0.327 e. The maximum Gasteiger partial charge on any atom is 0.244 e. The predicted octanol–water partition coefficient (Wildman–Crippen LogP) is 3.22. The number of nitrogens with two attached hydrogens (primary N) is 1. The number of sulfonamides is 1. The van der Waals surface area contributed by atoms with E-state index in [0.29, 0.717) is 34.8 Å². The Morgan fingerprint density at radius 1 is 1.30 bits per heavy atom. The zero-order valence-electron chi connectivity index (χ0n) is 12.8. The molecular weight excluding hydrogens is 352 g/mol. The van der Waals surface area contributed by atoms with Gasteiger partial charge in [-0.3, -0.25) is 0 Å². The molecule has 0 radical (unpaired) electrons. The molecule has 2 heterocycles. The number of halogens is 1. The van der Waals surface area contributed by atoms with Crippen LogP contribution in [0.1, 0.15) is 17.7 Å². The molecule has 4 nitrogen and oxygen atoms in total. The normalized spacial score (nSPS) is 28.6. The SMILES string of the molecule is Cc1sc2ccc(Cl)cc2c1S(=O)(=O)N1CC2CCC(N)C2C1. The Labute approximate surface area is 145 Å². The van der Waals surface area contributed by atoms with E-state index >= 15 is 0 Å². The van der Waals surface area contributed by atoms with Crippen molar-refractivity contribution in [1.29, 1.82) is 0 Å². The van der Waals surface area contributed by atoms with Crippen LogP contribution in [0.2, 0.25) is 5.02 Å². The summed E-state index contributed by atoms with van der Waals surface area (Å²) in [6.07, 6.45) is 2.05. The summed E-state index contributed by atoms with van der Waals surface area (Å²) in [7, 11) is -3.51. The van der Waals surface area contributed by atoms with Gasteiger partial charge in [-0.1, -0.05) is 11.6 Å². The molecule has 1 saturated heterocycles. The molecule has 3 unspecified atom stereocenters. The molecule has 3 atom stereocenters. The lowest BCUT2D eigenvalue weighted by Crippen LogP contribution is -2.33. The summed E-state index contributed by atoms with van der Waals surface area (Å²) < 4.78 is 29.1. The maximum absolute atomic E-state index is 13.2. The first kappa shape index (κ1) is 15.8. The predicted molar refractivity (Wildman–Crippen MR) is 94.5 cm³/mol. The van der Waals surface area contributed by atoms with Crippen molar-refractivity contribution in [3.05, 3.63) is 28.1 Å². The molecule has 0 amide bonds. The van der Waals surface area contributed by atoms with Gasteiger partial charge in [0.2, 0.25) is 10.0 Å². The maximum atomic E-state index is 13.2. The van der Waals surface area contributed by atoms with Crippen molar-refractivity contribution >= 4 is 43.0 Å². The first-order valence-electron chi connectivity index (χ1n) is 7.82. The van der Waals surface area contributed by atoms with Crippen LogP contribution < -0.4 is 5.73 Å². The zero-order chi connectivity index (χ0) is 16.4. The smallest absolute Gasteiger partial charge is 0.244 e. The number of thiophene rings is 1. The van der Waals surface area contributed by atoms with E-state index in [1.54, 1.807) is 16.4 Å². The van der Waals surface area contributed by atoms with Crippen molar-refractivity contribution in [2.75, 3.05) is 13.1 Å². The molecule has 7 heteroatoms. The number of hydrogen-bond donors (Lipinski definition) is 1. The first-order valence-corrected chi connectivity index (χ1v) is 10.5. The molecule has 4 rings (SSSR count). The molecule has 0 bridgehead atoms. The van der Waals surface area contributed by atoms with Crippen LogP contribution >= 0.6 is 22.9 Å². The van der Waals surface area contributed by atoms with E-state index in [0.717, 1.165) is 27.8 Å². The van der Waals surface area contributed by atoms with Gasteiger partial charge in [0.15, 0.2) is 0 Å². The van der Waals surface area contributed by atoms with Crippen molar-refractivity contribution in [3.8, 4) is 0 Å². The summed E-state index contributed by atoms with van der Waals surface area (Å²) in [5.41, 5.74) is 6.15. The Bertz CT molecular complexity index is 878. The minimum absolute atomic E-state index is 0.134. The Kier molecular flexibility index (Phi) is 3.74. The number of aryl methyl sites for hydroxylation is 1. The van der Waals surface area contributed by atoms with Crippen molar-refractivity contribution in [3.63, 3.8) is 0 Å². The highest BCUT2D eigenvalue weighted by Gasteiger charge is 2.45. The van der Waals surface area contributed by atoms with Crippen LogP contribution in [-0.4, -0.2) is 31.9 Å². The summed E-state index contributed by atoms with van der Waals surface area (Å²) in [6.45, 7) is 3.01. The third-order valence-electron chi connectivity index (χ3n) is 5.25. The molecule has 2 fully saturated rings. The van der Waals surface area contributed by atoms with Gasteiger partial charge in [-0.05, 0) is 49.8 Å². The zero-order valence-corrected chi connectivity index (χ0v) is 15.2. The number of nitrogens with zero attached hydrogens (tertiary/aromatic N) is 1. The Morgan fingerprint density at radius 3 is 2.83 bits per heavy atom. The van der Waals surface area contributed by atoms with Crippen molar-refractivity contribution < 1.29 is 8.42 Å². The quantitative estimate of drug-likeness (QED) is 0.882. The molecule has 2 aliphatic rings. The molecule has 0 spiro atoms. The Hall–Kier alpha value is -0.660. The summed E-state index contributed by atoms with van der Waals surface area (Å²) in [5, 5.41) is 1.30. The second kappa shape index (κ2) is 5.43. The monoisotopic (exact) mass is 370 g/mol. The fraction of sp³-hybridized carbons (Fsp3) is 0.500. The number of benzene rings is 1. The van der Waals surface area contributed by atoms with E-state index in [-0.39, 0.29) is 6.04 Å². The highest BCUT2D eigenvalue weighted by molar-refractivity contribution is 7.89. The van der Waals surface area contributed by atoms with Gasteiger partial charge in [-0.15, -0.1) is 11.3 Å². The van der Waals surface area contributed by atoms with Crippen LogP contribution in [0, 0.1) is 18.8 Å². The molecule has 2 aromatic rings. The van der Waals surface area contributed by atoms with Crippen LogP contribution in [0.25, 0.3) is 10.1 Å². The van der Waals surface area contributed by atoms with Gasteiger partial charge in [0.1, 0.15) is 4.90 Å². The fourth-order valence-corrected chi connectivity index (χ4v) is 7.52. The molecule has 1 aliphatic heterocycles. The average molecular weight is 371 g/mol. The van der Waals surface area contributed by atoms with Crippen LogP contribution in [0.5, 0.6) is 0 Å². The average Bonchev–Trinajstić information content (AvgIpc) is 3.13. The summed E-state index contributed by atoms with van der Waals surface area (Å²) in [6, 6.07) is 5.59. The first-order chi connectivity index (χ1) is 10.9. The summed E-state index contributed by atoms with van der Waals surface area (Å²) in [5.74, 6) is 0.715. The molecule has 1 aromatic carbocycles. The molecular formula is C16H19ClN2O2S2. The fourth-order valence-electron chi connectivity index (χ4n) is 4.08. The van der Waals surface area contributed by atoms with E-state index in [1.807, 2.05) is 13.0 Å². The standard InChI is InChI=1S/C16H19ClN2O2S2/c1-9-16(12-6-11(17)3-5-15(12)22-9)23(20,21)19-7-10-2-4-14(18)13(10)8-19/h3,5-6,10,13-14H,2,4,7-8,18H2,1H3. The van der Waals surface area contributed by atoms with Crippen LogP contribution in [-0.2, 0) is 10.0 Å². The highest BCUT2D eigenvalue weighted by atomic mass is 35.5. The molecule has 1 aliphatic carbocycles. The van der Waals surface area contributed by atoms with Gasteiger partial charge < -0.3 is 5.73 Å². The topological polar surface area (TPSA) is 63.4 Å². The van der Waals surface area contributed by atoms with Gasteiger partial charge in [-0.2, -0.15) is 4.31 Å². The van der Waals surface area contributed by atoms with E-state index in [4.69, 9.17) is 17.3 Å². The van der Waals surface area contributed by atoms with E-state index in [1.165, 1.54) is 11.3 Å². The lowest BCUT2D eigenvalue weighted by atomic mass is 9.98. The minimum atomic E-state index is -3.51. The Morgan fingerprint density at radius 2 is 2.09 bits per heavy atom. The Balaban J connectivity index is 1.78. The summed E-state index contributed by atoms with van der Waals surface area (Å²) in [4.78, 5) is 1.25. The van der Waals surface area contributed by atoms with Gasteiger partial charge >= 0.3 is 0 Å². The number of hydrogen-bond acceptors (Lipinski definition) is 4. The van der Waals surface area contributed by atoms with E-state index in [2.05, 4.69) is 0 Å². The van der Waals surface area contributed by atoms with Gasteiger partial charge in [0, 0.05) is 39.1 Å². The minimum Gasteiger partial charge on any atom is -0.327 e. The van der Waals surface area contributed by atoms with E-state index < -0.39 is 10.0 Å². The van der Waals surface area contributed by atoms with Gasteiger partial charge in [0.05, 0.1) is 0 Å². The molecule has 1 saturated carbocycles. The second-order valence-corrected chi connectivity index (χ2v) is 10.2. The van der Waals surface area contributed by atoms with Crippen molar-refractivity contribution in [2.24, 2.45) is 17.6 Å². The molecule has 1 aromatic heterocycles. The molecule has 124 valence electrons. The van der Waals surface area contributed by atoms with Crippen LogP contribution in [0.4, 0.5) is 0 Å². The second-order valence-electron chi connectivity index (χ2n) is 6.62. The van der Waals surface area contributed by atoms with Crippen molar-refractivity contribution in [2.45, 2.75) is 30.7 Å². The number of fused-ring (bicyclic) bond motifs is 2. The van der Waals surface area contributed by atoms with Crippen molar-refractivity contribution in [1.82, 2.24) is 4.31 Å².